The van der Waals surface area contributed by atoms with Gasteiger partial charge in [0.15, 0.2) is 0 Å². The molecular formula is C11H23NO2. The standard InChI is InChI=1S/C11H23NO2/c1-10(13)12-7-9-14-8-5-6-11(2,3)4/h5-9H2,1-4H3,(H,12,13). The third kappa shape index (κ3) is 11.4. The summed E-state index contributed by atoms with van der Waals surface area (Å²) in [6, 6.07) is 0. The lowest BCUT2D eigenvalue weighted by molar-refractivity contribution is -0.119. The fourth-order valence-corrected chi connectivity index (χ4v) is 1.11. The van der Waals surface area contributed by atoms with Gasteiger partial charge in [-0.25, -0.2) is 0 Å². The quantitative estimate of drug-likeness (QED) is 0.667. The van der Waals surface area contributed by atoms with Crippen LogP contribution in [0, 0.1) is 5.41 Å². The smallest absolute Gasteiger partial charge is 0.216 e. The predicted octanol–water partition coefficient (Wildman–Crippen LogP) is 1.97. The molecule has 0 atom stereocenters. The van der Waals surface area contributed by atoms with Gasteiger partial charge in [-0.05, 0) is 18.3 Å². The summed E-state index contributed by atoms with van der Waals surface area (Å²) in [6.45, 7) is 10.2. The van der Waals surface area contributed by atoms with Crippen LogP contribution in [0.5, 0.6) is 0 Å². The van der Waals surface area contributed by atoms with E-state index in [-0.39, 0.29) is 5.91 Å². The van der Waals surface area contributed by atoms with Crippen LogP contribution in [-0.4, -0.2) is 25.7 Å². The molecule has 0 aromatic rings. The van der Waals surface area contributed by atoms with E-state index < -0.39 is 0 Å². The van der Waals surface area contributed by atoms with Gasteiger partial charge in [0.25, 0.3) is 0 Å². The zero-order chi connectivity index (χ0) is 11.0. The van der Waals surface area contributed by atoms with Gasteiger partial charge >= 0.3 is 0 Å². The summed E-state index contributed by atoms with van der Waals surface area (Å²) in [5, 5.41) is 2.69. The van der Waals surface area contributed by atoms with Crippen LogP contribution in [-0.2, 0) is 9.53 Å². The summed E-state index contributed by atoms with van der Waals surface area (Å²) in [4.78, 5) is 10.5. The number of rotatable bonds is 6. The first-order valence-electron chi connectivity index (χ1n) is 5.24. The fraction of sp³-hybridized carbons (Fsp3) is 0.909. The highest BCUT2D eigenvalue weighted by Gasteiger charge is 2.08. The normalized spacial score (nSPS) is 11.4. The van der Waals surface area contributed by atoms with Crippen LogP contribution in [0.3, 0.4) is 0 Å². The molecular weight excluding hydrogens is 178 g/mol. The highest BCUT2D eigenvalue weighted by atomic mass is 16.5. The van der Waals surface area contributed by atoms with Crippen LogP contribution >= 0.6 is 0 Å². The van der Waals surface area contributed by atoms with E-state index in [2.05, 4.69) is 26.1 Å². The number of amides is 1. The van der Waals surface area contributed by atoms with Gasteiger partial charge in [-0.2, -0.15) is 0 Å². The molecule has 0 spiro atoms. The molecule has 0 aromatic carbocycles. The van der Waals surface area contributed by atoms with E-state index in [9.17, 15) is 4.79 Å². The maximum Gasteiger partial charge on any atom is 0.216 e. The van der Waals surface area contributed by atoms with Gasteiger partial charge in [0.1, 0.15) is 0 Å². The Kier molecular flexibility index (Phi) is 6.54. The Morgan fingerprint density at radius 2 is 1.93 bits per heavy atom. The predicted molar refractivity (Wildman–Crippen MR) is 58.2 cm³/mol. The maximum absolute atomic E-state index is 10.5. The van der Waals surface area contributed by atoms with Crippen molar-refractivity contribution in [3.05, 3.63) is 0 Å². The summed E-state index contributed by atoms with van der Waals surface area (Å²) >= 11 is 0. The third-order valence-corrected chi connectivity index (χ3v) is 1.84. The molecule has 0 heterocycles. The van der Waals surface area contributed by atoms with Crippen molar-refractivity contribution in [1.29, 1.82) is 0 Å². The third-order valence-electron chi connectivity index (χ3n) is 1.84. The first-order valence-corrected chi connectivity index (χ1v) is 5.24. The van der Waals surface area contributed by atoms with Gasteiger partial charge in [-0.3, -0.25) is 4.79 Å². The zero-order valence-electron chi connectivity index (χ0n) is 9.85. The number of carbonyl (C=O) groups excluding carboxylic acids is 1. The van der Waals surface area contributed by atoms with Crippen LogP contribution in [0.2, 0.25) is 0 Å². The highest BCUT2D eigenvalue weighted by Crippen LogP contribution is 2.19. The number of nitrogens with one attached hydrogen (secondary N) is 1. The average Bonchev–Trinajstić information content (AvgIpc) is 2.00. The molecule has 0 fully saturated rings. The molecule has 0 rings (SSSR count). The van der Waals surface area contributed by atoms with Crippen molar-refractivity contribution in [2.24, 2.45) is 5.41 Å². The zero-order valence-corrected chi connectivity index (χ0v) is 9.85. The van der Waals surface area contributed by atoms with E-state index in [1.54, 1.807) is 0 Å². The van der Waals surface area contributed by atoms with Gasteiger partial charge in [0, 0.05) is 20.1 Å². The minimum atomic E-state index is 0.00305. The molecule has 0 aliphatic heterocycles. The monoisotopic (exact) mass is 201 g/mol. The lowest BCUT2D eigenvalue weighted by Gasteiger charge is -2.17. The molecule has 0 bridgehead atoms. The SMILES string of the molecule is CC(=O)NCCOCCCC(C)(C)C. The van der Waals surface area contributed by atoms with Crippen LogP contribution in [0.15, 0.2) is 0 Å². The van der Waals surface area contributed by atoms with Crippen molar-refractivity contribution < 1.29 is 9.53 Å². The van der Waals surface area contributed by atoms with E-state index in [0.717, 1.165) is 13.0 Å². The molecule has 14 heavy (non-hydrogen) atoms. The summed E-state index contributed by atoms with van der Waals surface area (Å²) in [7, 11) is 0. The van der Waals surface area contributed by atoms with Crippen molar-refractivity contribution >= 4 is 5.91 Å². The molecule has 84 valence electrons. The van der Waals surface area contributed by atoms with Crippen molar-refractivity contribution in [3.63, 3.8) is 0 Å². The van der Waals surface area contributed by atoms with Gasteiger partial charge in [0.05, 0.1) is 6.61 Å². The van der Waals surface area contributed by atoms with Crippen LogP contribution < -0.4 is 5.32 Å². The lowest BCUT2D eigenvalue weighted by atomic mass is 9.91. The molecule has 0 radical (unpaired) electrons. The molecule has 0 saturated heterocycles. The molecule has 3 heteroatoms. The topological polar surface area (TPSA) is 38.3 Å². The molecule has 1 N–H and O–H groups in total. The Morgan fingerprint density at radius 3 is 2.43 bits per heavy atom. The molecule has 0 aliphatic rings. The highest BCUT2D eigenvalue weighted by molar-refractivity contribution is 5.72. The first kappa shape index (κ1) is 13.4. The summed E-state index contributed by atoms with van der Waals surface area (Å²) in [5.74, 6) is 0.00305. The van der Waals surface area contributed by atoms with Crippen molar-refractivity contribution in [3.8, 4) is 0 Å². The van der Waals surface area contributed by atoms with E-state index in [1.165, 1.54) is 13.3 Å². The van der Waals surface area contributed by atoms with Crippen LogP contribution in [0.25, 0.3) is 0 Å². The Labute approximate surface area is 87.2 Å². The number of carbonyl (C=O) groups is 1. The van der Waals surface area contributed by atoms with E-state index in [1.807, 2.05) is 0 Å². The summed E-state index contributed by atoms with van der Waals surface area (Å²) in [6.07, 6.45) is 2.26. The average molecular weight is 201 g/mol. The van der Waals surface area contributed by atoms with E-state index >= 15 is 0 Å². The Morgan fingerprint density at radius 1 is 1.29 bits per heavy atom. The maximum atomic E-state index is 10.5. The molecule has 1 amide bonds. The Hall–Kier alpha value is -0.570. The number of hydrogen-bond acceptors (Lipinski definition) is 2. The van der Waals surface area contributed by atoms with Crippen molar-refractivity contribution in [1.82, 2.24) is 5.32 Å². The van der Waals surface area contributed by atoms with Crippen LogP contribution in [0.1, 0.15) is 40.5 Å². The minimum Gasteiger partial charge on any atom is -0.380 e. The second-order valence-corrected chi connectivity index (χ2v) is 4.76. The lowest BCUT2D eigenvalue weighted by Crippen LogP contribution is -2.24. The summed E-state index contributed by atoms with van der Waals surface area (Å²) < 4.78 is 5.36. The second-order valence-electron chi connectivity index (χ2n) is 4.76. The molecule has 0 aromatic heterocycles. The van der Waals surface area contributed by atoms with Crippen molar-refractivity contribution in [2.75, 3.05) is 19.8 Å². The molecule has 0 unspecified atom stereocenters. The largest absolute Gasteiger partial charge is 0.380 e. The van der Waals surface area contributed by atoms with Gasteiger partial charge in [-0.15, -0.1) is 0 Å². The van der Waals surface area contributed by atoms with Gasteiger partial charge in [0.2, 0.25) is 5.91 Å². The van der Waals surface area contributed by atoms with Gasteiger partial charge in [-0.1, -0.05) is 20.8 Å². The summed E-state index contributed by atoms with van der Waals surface area (Å²) in [5.41, 5.74) is 0.390. The minimum absolute atomic E-state index is 0.00305. The van der Waals surface area contributed by atoms with Crippen molar-refractivity contribution in [2.45, 2.75) is 40.5 Å². The second kappa shape index (κ2) is 6.82. The van der Waals surface area contributed by atoms with Gasteiger partial charge < -0.3 is 10.1 Å². The fourth-order valence-electron chi connectivity index (χ4n) is 1.11. The first-order chi connectivity index (χ1) is 6.42. The Balaban J connectivity index is 3.11. The number of hydrogen-bond donors (Lipinski definition) is 1. The Bertz CT molecular complexity index is 161. The molecule has 3 nitrogen and oxygen atoms in total. The molecule has 0 saturated carbocycles. The molecule has 0 aliphatic carbocycles. The van der Waals surface area contributed by atoms with Crippen LogP contribution in [0.4, 0.5) is 0 Å². The number of ether oxygens (including phenoxy) is 1. The van der Waals surface area contributed by atoms with E-state index in [0.29, 0.717) is 18.6 Å². The van der Waals surface area contributed by atoms with E-state index in [4.69, 9.17) is 4.74 Å².